The van der Waals surface area contributed by atoms with Crippen molar-refractivity contribution in [1.82, 2.24) is 4.90 Å². The lowest BCUT2D eigenvalue weighted by atomic mass is 9.90. The van der Waals surface area contributed by atoms with E-state index in [0.717, 1.165) is 11.6 Å². The molecule has 0 aromatic heterocycles. The summed E-state index contributed by atoms with van der Waals surface area (Å²) in [6.07, 6.45) is 0.491. The Labute approximate surface area is 218 Å². The molecule has 200 valence electrons. The molecule has 0 aliphatic carbocycles. The minimum atomic E-state index is -1.51. The Hall–Kier alpha value is -3.59. The van der Waals surface area contributed by atoms with Crippen LogP contribution in [-0.4, -0.2) is 42.8 Å². The molecule has 2 aliphatic rings. The first kappa shape index (κ1) is 26.0. The molecular weight excluding hydrogens is 500 g/mol. The van der Waals surface area contributed by atoms with E-state index in [2.05, 4.69) is 4.90 Å². The van der Waals surface area contributed by atoms with Crippen LogP contribution in [0.5, 0.6) is 5.75 Å². The number of likely N-dealkylation sites (tertiary alicyclic amines) is 1. The second-order valence-corrected chi connectivity index (χ2v) is 9.80. The zero-order valence-electron chi connectivity index (χ0n) is 21.2. The Bertz CT molecular complexity index is 1370. The molecule has 0 unspecified atom stereocenters. The number of amides is 1. The van der Waals surface area contributed by atoms with Crippen molar-refractivity contribution >= 4 is 11.8 Å². The van der Waals surface area contributed by atoms with Crippen molar-refractivity contribution < 1.29 is 31.8 Å². The van der Waals surface area contributed by atoms with Gasteiger partial charge in [-0.05, 0) is 66.9 Å². The fourth-order valence-corrected chi connectivity index (χ4v) is 5.26. The number of piperidine rings is 1. The second kappa shape index (κ2) is 10.3. The van der Waals surface area contributed by atoms with Gasteiger partial charge in [-0.25, -0.2) is 22.4 Å². The van der Waals surface area contributed by atoms with E-state index in [1.54, 1.807) is 24.3 Å². The molecule has 3 aromatic carbocycles. The van der Waals surface area contributed by atoms with Crippen LogP contribution in [0.3, 0.4) is 0 Å². The van der Waals surface area contributed by atoms with Gasteiger partial charge in [0.15, 0.2) is 17.5 Å². The number of para-hydroxylation sites is 1. The monoisotopic (exact) mass is 528 g/mol. The minimum Gasteiger partial charge on any atom is -0.494 e. The molecule has 1 amide bonds. The lowest BCUT2D eigenvalue weighted by molar-refractivity contribution is -0.000952. The molecule has 2 aliphatic heterocycles. The van der Waals surface area contributed by atoms with Crippen LogP contribution < -0.4 is 9.64 Å². The number of nitrogens with zero attached hydrogens (tertiary/aromatic N) is 2. The normalized spacial score (nSPS) is 17.2. The predicted octanol–water partition coefficient (Wildman–Crippen LogP) is 6.61. The molecule has 1 spiro atoms. The van der Waals surface area contributed by atoms with Crippen LogP contribution in [-0.2, 0) is 11.3 Å². The zero-order chi connectivity index (χ0) is 27.0. The summed E-state index contributed by atoms with van der Waals surface area (Å²) in [4.78, 5) is 16.1. The van der Waals surface area contributed by atoms with Gasteiger partial charge in [-0.15, -0.1) is 0 Å². The highest BCUT2D eigenvalue weighted by molar-refractivity contribution is 5.90. The first-order chi connectivity index (χ1) is 18.2. The van der Waals surface area contributed by atoms with Gasteiger partial charge in [0.25, 0.3) is 0 Å². The van der Waals surface area contributed by atoms with E-state index in [9.17, 15) is 22.4 Å². The Balaban J connectivity index is 1.37. The minimum absolute atomic E-state index is 0.0243. The maximum atomic E-state index is 14.8. The standard InChI is InChI=1S/C29H28F4N2O3/c1-3-37-25-15-19(21(14-18(25)2)20-8-9-23(31)27(33)26(20)32)16-34-12-10-29(11-13-34)17-35(28(36)38-29)24-7-5-4-6-22(24)30/h4-9,14-15H,3,10-13,16-17H2,1-2H3. The van der Waals surface area contributed by atoms with Crippen LogP contribution >= 0.6 is 0 Å². The number of rotatable bonds is 6. The highest BCUT2D eigenvalue weighted by atomic mass is 19.2. The maximum Gasteiger partial charge on any atom is 0.415 e. The van der Waals surface area contributed by atoms with Crippen molar-refractivity contribution in [2.24, 2.45) is 0 Å². The summed E-state index contributed by atoms with van der Waals surface area (Å²) in [6, 6.07) is 11.8. The molecule has 0 bridgehead atoms. The van der Waals surface area contributed by atoms with Crippen molar-refractivity contribution in [2.75, 3.05) is 31.1 Å². The molecule has 0 saturated carbocycles. The number of carbonyl (C=O) groups is 1. The molecule has 2 fully saturated rings. The number of halogens is 4. The zero-order valence-corrected chi connectivity index (χ0v) is 21.2. The van der Waals surface area contributed by atoms with Crippen molar-refractivity contribution in [1.29, 1.82) is 0 Å². The number of benzene rings is 3. The molecule has 2 saturated heterocycles. The van der Waals surface area contributed by atoms with Crippen molar-refractivity contribution in [3.8, 4) is 16.9 Å². The number of aryl methyl sites for hydroxylation is 1. The van der Waals surface area contributed by atoms with Crippen molar-refractivity contribution in [3.05, 3.63) is 82.9 Å². The summed E-state index contributed by atoms with van der Waals surface area (Å²) in [5.41, 5.74) is 1.35. The average molecular weight is 529 g/mol. The largest absolute Gasteiger partial charge is 0.494 e. The molecule has 0 atom stereocenters. The summed E-state index contributed by atoms with van der Waals surface area (Å²) >= 11 is 0. The molecule has 0 N–H and O–H groups in total. The number of anilines is 1. The van der Waals surface area contributed by atoms with Gasteiger partial charge in [0, 0.05) is 38.0 Å². The van der Waals surface area contributed by atoms with Crippen LogP contribution in [0.4, 0.5) is 28.0 Å². The third kappa shape index (κ3) is 4.82. The molecule has 5 nitrogen and oxygen atoms in total. The predicted molar refractivity (Wildman–Crippen MR) is 135 cm³/mol. The smallest absolute Gasteiger partial charge is 0.415 e. The summed E-state index contributed by atoms with van der Waals surface area (Å²) < 4.78 is 68.3. The molecule has 38 heavy (non-hydrogen) atoms. The van der Waals surface area contributed by atoms with E-state index in [0.29, 0.717) is 56.0 Å². The van der Waals surface area contributed by atoms with Gasteiger partial charge < -0.3 is 9.47 Å². The summed E-state index contributed by atoms with van der Waals surface area (Å²) in [5.74, 6) is -3.85. The average Bonchev–Trinajstić information content (AvgIpc) is 3.22. The highest BCUT2D eigenvalue weighted by Gasteiger charge is 2.48. The Morgan fingerprint density at radius 2 is 1.68 bits per heavy atom. The van der Waals surface area contributed by atoms with Gasteiger partial charge in [-0.2, -0.15) is 0 Å². The fourth-order valence-electron chi connectivity index (χ4n) is 5.26. The van der Waals surface area contributed by atoms with Crippen molar-refractivity contribution in [2.45, 2.75) is 38.8 Å². The third-order valence-electron chi connectivity index (χ3n) is 7.30. The second-order valence-electron chi connectivity index (χ2n) is 9.80. The Kier molecular flexibility index (Phi) is 7.05. The van der Waals surface area contributed by atoms with Gasteiger partial charge in [-0.3, -0.25) is 9.80 Å². The van der Waals surface area contributed by atoms with Crippen LogP contribution in [0.2, 0.25) is 0 Å². The Morgan fingerprint density at radius 1 is 0.947 bits per heavy atom. The Morgan fingerprint density at radius 3 is 2.39 bits per heavy atom. The van der Waals surface area contributed by atoms with E-state index in [4.69, 9.17) is 9.47 Å². The van der Waals surface area contributed by atoms with E-state index < -0.39 is 35.0 Å². The van der Waals surface area contributed by atoms with Crippen LogP contribution in [0.15, 0.2) is 48.5 Å². The van der Waals surface area contributed by atoms with Gasteiger partial charge in [0.2, 0.25) is 0 Å². The van der Waals surface area contributed by atoms with E-state index >= 15 is 0 Å². The van der Waals surface area contributed by atoms with Gasteiger partial charge >= 0.3 is 6.09 Å². The maximum absolute atomic E-state index is 14.8. The first-order valence-electron chi connectivity index (χ1n) is 12.6. The van der Waals surface area contributed by atoms with Crippen LogP contribution in [0.25, 0.3) is 11.1 Å². The van der Waals surface area contributed by atoms with Gasteiger partial charge in [0.1, 0.15) is 17.2 Å². The fraction of sp³-hybridized carbons (Fsp3) is 0.345. The number of carbonyl (C=O) groups excluding carboxylic acids is 1. The third-order valence-corrected chi connectivity index (χ3v) is 7.30. The van der Waals surface area contributed by atoms with Gasteiger partial charge in [0.05, 0.1) is 18.8 Å². The quantitative estimate of drug-likeness (QED) is 0.267. The molecule has 0 radical (unpaired) electrons. The van der Waals surface area contributed by atoms with E-state index in [-0.39, 0.29) is 17.8 Å². The van der Waals surface area contributed by atoms with Gasteiger partial charge in [-0.1, -0.05) is 12.1 Å². The molecular formula is C29H28F4N2O3. The molecule has 2 heterocycles. The SMILES string of the molecule is CCOc1cc(CN2CCC3(CC2)CN(c2ccccc2F)C(=O)O3)c(-c2ccc(F)c(F)c2F)cc1C. The molecule has 9 heteroatoms. The summed E-state index contributed by atoms with van der Waals surface area (Å²) in [6.45, 7) is 5.90. The number of ether oxygens (including phenoxy) is 2. The number of hydrogen-bond acceptors (Lipinski definition) is 4. The number of hydrogen-bond donors (Lipinski definition) is 0. The molecule has 5 rings (SSSR count). The van der Waals surface area contributed by atoms with Crippen molar-refractivity contribution in [3.63, 3.8) is 0 Å². The van der Waals surface area contributed by atoms with Crippen LogP contribution in [0, 0.1) is 30.2 Å². The lowest BCUT2D eigenvalue weighted by Gasteiger charge is -2.37. The van der Waals surface area contributed by atoms with E-state index in [1.807, 2.05) is 19.9 Å². The summed E-state index contributed by atoms with van der Waals surface area (Å²) in [7, 11) is 0. The molecule has 3 aromatic rings. The topological polar surface area (TPSA) is 42.0 Å². The van der Waals surface area contributed by atoms with E-state index in [1.165, 1.54) is 17.0 Å². The lowest BCUT2D eigenvalue weighted by Crippen LogP contribution is -2.46. The first-order valence-corrected chi connectivity index (χ1v) is 12.6. The highest BCUT2D eigenvalue weighted by Crippen LogP contribution is 2.38. The summed E-state index contributed by atoms with van der Waals surface area (Å²) in [5, 5.41) is 0. The van der Waals surface area contributed by atoms with Crippen LogP contribution in [0.1, 0.15) is 30.9 Å².